The Labute approximate surface area is 163 Å². The Morgan fingerprint density at radius 2 is 1.82 bits per heavy atom. The maximum atomic E-state index is 12.6. The van der Waals surface area contributed by atoms with Gasteiger partial charge in [0.2, 0.25) is 5.78 Å². The third-order valence-corrected chi connectivity index (χ3v) is 4.65. The minimum Gasteiger partial charge on any atom is -0.496 e. The van der Waals surface area contributed by atoms with Gasteiger partial charge < -0.3 is 18.6 Å². The van der Waals surface area contributed by atoms with E-state index in [2.05, 4.69) is 0 Å². The molecular weight excluding hydrogens is 356 g/mol. The number of furan rings is 1. The second-order valence-electron chi connectivity index (χ2n) is 6.55. The van der Waals surface area contributed by atoms with Gasteiger partial charge in [0.1, 0.15) is 35.4 Å². The van der Waals surface area contributed by atoms with Crippen LogP contribution in [0.2, 0.25) is 0 Å². The van der Waals surface area contributed by atoms with Crippen molar-refractivity contribution >= 4 is 11.9 Å². The molecule has 0 spiro atoms. The molecule has 2 heterocycles. The number of fused-ring (bicyclic) bond motifs is 1. The van der Waals surface area contributed by atoms with Gasteiger partial charge in [-0.15, -0.1) is 0 Å². The molecule has 0 N–H and O–H groups in total. The number of ketones is 1. The largest absolute Gasteiger partial charge is 0.496 e. The van der Waals surface area contributed by atoms with Gasteiger partial charge in [-0.2, -0.15) is 0 Å². The Bertz CT molecular complexity index is 1070. The Morgan fingerprint density at radius 1 is 1.00 bits per heavy atom. The fourth-order valence-corrected chi connectivity index (χ4v) is 3.16. The maximum Gasteiger partial charge on any atom is 0.232 e. The van der Waals surface area contributed by atoms with Gasteiger partial charge in [-0.25, -0.2) is 0 Å². The first-order valence-corrected chi connectivity index (χ1v) is 8.96. The highest BCUT2D eigenvalue weighted by Gasteiger charge is 2.30. The number of allylic oxidation sites excluding steroid dienone is 1. The molecule has 1 aliphatic rings. The van der Waals surface area contributed by atoms with Gasteiger partial charge >= 0.3 is 0 Å². The lowest BCUT2D eigenvalue weighted by Crippen LogP contribution is -2.00. The van der Waals surface area contributed by atoms with Gasteiger partial charge in [-0.1, -0.05) is 18.2 Å². The van der Waals surface area contributed by atoms with E-state index < -0.39 is 0 Å². The van der Waals surface area contributed by atoms with E-state index in [0.29, 0.717) is 29.4 Å². The van der Waals surface area contributed by atoms with E-state index in [1.165, 1.54) is 0 Å². The summed E-state index contributed by atoms with van der Waals surface area (Å²) in [5.74, 6) is 3.39. The summed E-state index contributed by atoms with van der Waals surface area (Å²) in [5.41, 5.74) is 2.24. The van der Waals surface area contributed by atoms with Crippen LogP contribution in [0.25, 0.3) is 6.08 Å². The Hall–Kier alpha value is -3.47. The summed E-state index contributed by atoms with van der Waals surface area (Å²) in [6.45, 7) is 4.08. The van der Waals surface area contributed by atoms with Crippen molar-refractivity contribution in [3.8, 4) is 17.2 Å². The fourth-order valence-electron chi connectivity index (χ4n) is 3.16. The van der Waals surface area contributed by atoms with Crippen molar-refractivity contribution in [2.24, 2.45) is 0 Å². The molecule has 5 heteroatoms. The molecule has 0 saturated carbocycles. The van der Waals surface area contributed by atoms with Crippen molar-refractivity contribution in [3.63, 3.8) is 0 Å². The van der Waals surface area contributed by atoms with Gasteiger partial charge in [-0.3, -0.25) is 4.79 Å². The van der Waals surface area contributed by atoms with E-state index in [1.807, 2.05) is 44.2 Å². The molecule has 0 aliphatic carbocycles. The quantitative estimate of drug-likeness (QED) is 0.580. The van der Waals surface area contributed by atoms with E-state index in [-0.39, 0.29) is 11.5 Å². The number of para-hydroxylation sites is 1. The third kappa shape index (κ3) is 3.27. The predicted octanol–water partition coefficient (Wildman–Crippen LogP) is 5.10. The van der Waals surface area contributed by atoms with Crippen molar-refractivity contribution in [1.82, 2.24) is 0 Å². The minimum atomic E-state index is -0.163. The second-order valence-corrected chi connectivity index (χ2v) is 6.55. The lowest BCUT2D eigenvalue weighted by molar-refractivity contribution is 0.101. The fraction of sp³-hybridized carbons (Fsp3) is 0.174. The molecule has 142 valence electrons. The van der Waals surface area contributed by atoms with Crippen molar-refractivity contribution in [2.45, 2.75) is 20.5 Å². The van der Waals surface area contributed by atoms with Crippen molar-refractivity contribution in [3.05, 3.63) is 82.5 Å². The first kappa shape index (κ1) is 17.9. The van der Waals surface area contributed by atoms with Crippen LogP contribution in [-0.2, 0) is 6.61 Å². The zero-order chi connectivity index (χ0) is 19.7. The normalized spacial score (nSPS) is 14.1. The lowest BCUT2D eigenvalue weighted by atomic mass is 10.1. The molecule has 0 radical (unpaired) electrons. The Balaban J connectivity index is 1.57. The number of carbonyl (C=O) groups excluding carboxylic acids is 1. The monoisotopic (exact) mass is 376 g/mol. The van der Waals surface area contributed by atoms with Crippen LogP contribution in [0.1, 0.15) is 33.0 Å². The van der Waals surface area contributed by atoms with Gasteiger partial charge in [0.25, 0.3) is 0 Å². The standard InChI is InChI=1S/C23H20O5/c1-14-8-9-17(27-14)12-21-22(24)18-10-11-19(15(2)23(18)28-21)26-13-16-6-4-5-7-20(16)25-3/h4-12H,13H2,1-3H3/b21-12-. The number of ether oxygens (including phenoxy) is 3. The SMILES string of the molecule is COc1ccccc1COc1ccc2c(c1C)O/C(=C\c1ccc(C)o1)C2=O. The molecule has 3 aromatic rings. The number of carbonyl (C=O) groups is 1. The molecule has 0 atom stereocenters. The molecule has 0 amide bonds. The summed E-state index contributed by atoms with van der Waals surface area (Å²) >= 11 is 0. The van der Waals surface area contributed by atoms with E-state index >= 15 is 0 Å². The summed E-state index contributed by atoms with van der Waals surface area (Å²) < 4.78 is 22.7. The van der Waals surface area contributed by atoms with Crippen LogP contribution in [0, 0.1) is 13.8 Å². The lowest BCUT2D eigenvalue weighted by Gasteiger charge is -2.13. The number of hydrogen-bond donors (Lipinski definition) is 0. The molecule has 4 rings (SSSR count). The Kier molecular flexibility index (Phi) is 4.65. The van der Waals surface area contributed by atoms with E-state index in [0.717, 1.165) is 22.6 Å². The summed E-state index contributed by atoms with van der Waals surface area (Å²) in [4.78, 5) is 12.6. The summed E-state index contributed by atoms with van der Waals surface area (Å²) in [6, 6.07) is 14.9. The second kappa shape index (κ2) is 7.27. The van der Waals surface area contributed by atoms with Crippen LogP contribution in [0.4, 0.5) is 0 Å². The number of methoxy groups -OCH3 is 1. The molecule has 5 nitrogen and oxygen atoms in total. The number of Topliss-reactive ketones (excluding diaryl/α,β-unsaturated/α-hetero) is 1. The number of hydrogen-bond acceptors (Lipinski definition) is 5. The zero-order valence-corrected chi connectivity index (χ0v) is 15.9. The molecule has 0 bridgehead atoms. The maximum absolute atomic E-state index is 12.6. The molecule has 0 unspecified atom stereocenters. The van der Waals surface area contributed by atoms with E-state index in [4.69, 9.17) is 18.6 Å². The summed E-state index contributed by atoms with van der Waals surface area (Å²) in [6.07, 6.45) is 1.62. The molecule has 28 heavy (non-hydrogen) atoms. The molecule has 1 aromatic heterocycles. The Morgan fingerprint density at radius 3 is 2.57 bits per heavy atom. The minimum absolute atomic E-state index is 0.163. The first-order valence-electron chi connectivity index (χ1n) is 8.96. The zero-order valence-electron chi connectivity index (χ0n) is 15.9. The molecular formula is C23H20O5. The topological polar surface area (TPSA) is 57.9 Å². The van der Waals surface area contributed by atoms with Crippen LogP contribution >= 0.6 is 0 Å². The van der Waals surface area contributed by atoms with Crippen LogP contribution in [0.15, 0.2) is 58.7 Å². The van der Waals surface area contributed by atoms with Gasteiger partial charge in [0.15, 0.2) is 5.76 Å². The van der Waals surface area contributed by atoms with Crippen LogP contribution in [0.5, 0.6) is 17.2 Å². The molecule has 2 aromatic carbocycles. The smallest absolute Gasteiger partial charge is 0.232 e. The van der Waals surface area contributed by atoms with Crippen molar-refractivity contribution < 1.29 is 23.4 Å². The average molecular weight is 376 g/mol. The summed E-state index contributed by atoms with van der Waals surface area (Å²) in [5, 5.41) is 0. The van der Waals surface area contributed by atoms with Gasteiger partial charge in [0, 0.05) is 17.2 Å². The van der Waals surface area contributed by atoms with Crippen molar-refractivity contribution in [1.29, 1.82) is 0 Å². The van der Waals surface area contributed by atoms with E-state index in [9.17, 15) is 4.79 Å². The molecule has 0 fully saturated rings. The number of rotatable bonds is 5. The van der Waals surface area contributed by atoms with Gasteiger partial charge in [-0.05, 0) is 44.2 Å². The van der Waals surface area contributed by atoms with Crippen molar-refractivity contribution in [2.75, 3.05) is 7.11 Å². The average Bonchev–Trinajstić information content (AvgIpc) is 3.25. The van der Waals surface area contributed by atoms with Crippen LogP contribution < -0.4 is 14.2 Å². The highest BCUT2D eigenvalue weighted by molar-refractivity contribution is 6.14. The third-order valence-electron chi connectivity index (χ3n) is 4.65. The van der Waals surface area contributed by atoms with E-state index in [1.54, 1.807) is 31.4 Å². The molecule has 1 aliphatic heterocycles. The number of aryl methyl sites for hydroxylation is 1. The predicted molar refractivity (Wildman–Crippen MR) is 105 cm³/mol. The van der Waals surface area contributed by atoms with Gasteiger partial charge in [0.05, 0.1) is 12.7 Å². The highest BCUT2D eigenvalue weighted by Crippen LogP contribution is 2.39. The van der Waals surface area contributed by atoms with Crippen LogP contribution in [-0.4, -0.2) is 12.9 Å². The first-order chi connectivity index (χ1) is 13.6. The van der Waals surface area contributed by atoms with Crippen LogP contribution in [0.3, 0.4) is 0 Å². The summed E-state index contributed by atoms with van der Waals surface area (Å²) in [7, 11) is 1.63. The highest BCUT2D eigenvalue weighted by atomic mass is 16.5. The number of benzene rings is 2. The molecule has 0 saturated heterocycles.